The Morgan fingerprint density at radius 1 is 1.60 bits per heavy atom. The average Bonchev–Trinajstić information content (AvgIpc) is 1.98. The minimum absolute atomic E-state index is 0.986. The van der Waals surface area contributed by atoms with Crippen molar-refractivity contribution >= 4 is 0 Å². The fourth-order valence-corrected chi connectivity index (χ4v) is 0.509. The normalized spacial score (nSPS) is 9.80. The van der Waals surface area contributed by atoms with Crippen LogP contribution in [0.15, 0.2) is 37.1 Å². The standard InChI is InChI=1S/C9H15N/c1-5-7-8-9(3)10(4)6-2/h5,7-8H,1,3,6H2,2,4H3/b8-7-. The van der Waals surface area contributed by atoms with E-state index in [1.807, 2.05) is 19.2 Å². The molecule has 0 N–H and O–H groups in total. The van der Waals surface area contributed by atoms with Crippen molar-refractivity contribution in [2.75, 3.05) is 13.6 Å². The summed E-state index contributed by atoms with van der Waals surface area (Å²) in [6, 6.07) is 0. The molecule has 0 heterocycles. The molecule has 0 saturated carbocycles. The minimum Gasteiger partial charge on any atom is -0.375 e. The molecule has 0 radical (unpaired) electrons. The van der Waals surface area contributed by atoms with Gasteiger partial charge in [-0.05, 0) is 13.0 Å². The van der Waals surface area contributed by atoms with Crippen LogP contribution in [0.1, 0.15) is 6.92 Å². The van der Waals surface area contributed by atoms with Crippen LogP contribution in [0.2, 0.25) is 0 Å². The van der Waals surface area contributed by atoms with E-state index in [2.05, 4.69) is 25.0 Å². The summed E-state index contributed by atoms with van der Waals surface area (Å²) in [5.41, 5.74) is 1.02. The topological polar surface area (TPSA) is 3.24 Å². The monoisotopic (exact) mass is 137 g/mol. The van der Waals surface area contributed by atoms with Gasteiger partial charge in [-0.2, -0.15) is 0 Å². The van der Waals surface area contributed by atoms with Crippen LogP contribution in [-0.4, -0.2) is 18.5 Å². The highest BCUT2D eigenvalue weighted by atomic mass is 15.1. The second-order valence-electron chi connectivity index (χ2n) is 2.10. The third-order valence-electron chi connectivity index (χ3n) is 1.39. The molecule has 0 aliphatic heterocycles. The van der Waals surface area contributed by atoms with Gasteiger partial charge in [-0.25, -0.2) is 0 Å². The van der Waals surface area contributed by atoms with Gasteiger partial charge in [-0.15, -0.1) is 0 Å². The Morgan fingerprint density at radius 2 is 2.20 bits per heavy atom. The summed E-state index contributed by atoms with van der Waals surface area (Å²) in [7, 11) is 2.01. The first-order chi connectivity index (χ1) is 4.72. The van der Waals surface area contributed by atoms with E-state index in [4.69, 9.17) is 0 Å². The molecule has 0 aromatic carbocycles. The zero-order valence-electron chi connectivity index (χ0n) is 6.80. The molecule has 0 rings (SSSR count). The molecule has 0 aliphatic carbocycles. The lowest BCUT2D eigenvalue weighted by Crippen LogP contribution is -2.14. The maximum atomic E-state index is 3.85. The zero-order valence-corrected chi connectivity index (χ0v) is 6.80. The van der Waals surface area contributed by atoms with Gasteiger partial charge in [0.2, 0.25) is 0 Å². The lowest BCUT2D eigenvalue weighted by molar-refractivity contribution is 0.458. The van der Waals surface area contributed by atoms with Gasteiger partial charge in [-0.1, -0.05) is 25.3 Å². The molecule has 0 unspecified atom stereocenters. The molecule has 0 atom stereocenters. The second-order valence-corrected chi connectivity index (χ2v) is 2.10. The van der Waals surface area contributed by atoms with Crippen LogP contribution in [0.5, 0.6) is 0 Å². The first-order valence-electron chi connectivity index (χ1n) is 3.41. The summed E-state index contributed by atoms with van der Waals surface area (Å²) in [6.07, 6.45) is 5.57. The van der Waals surface area contributed by atoms with E-state index in [-0.39, 0.29) is 0 Å². The Balaban J connectivity index is 3.83. The van der Waals surface area contributed by atoms with Crippen molar-refractivity contribution in [1.29, 1.82) is 0 Å². The highest BCUT2D eigenvalue weighted by Gasteiger charge is 1.90. The molecule has 0 bridgehead atoms. The Bertz CT molecular complexity index is 145. The van der Waals surface area contributed by atoms with Crippen LogP contribution in [0, 0.1) is 0 Å². The fourth-order valence-electron chi connectivity index (χ4n) is 0.509. The highest BCUT2D eigenvalue weighted by Crippen LogP contribution is 1.98. The molecule has 0 aliphatic rings. The average molecular weight is 137 g/mol. The summed E-state index contributed by atoms with van der Waals surface area (Å²) in [5.74, 6) is 0. The molecule has 10 heavy (non-hydrogen) atoms. The Kier molecular flexibility index (Phi) is 4.38. The van der Waals surface area contributed by atoms with Crippen molar-refractivity contribution < 1.29 is 0 Å². The molecule has 1 heteroatoms. The lowest BCUT2D eigenvalue weighted by Gasteiger charge is -2.15. The largest absolute Gasteiger partial charge is 0.375 e. The molecule has 0 aromatic heterocycles. The van der Waals surface area contributed by atoms with Crippen LogP contribution in [0.4, 0.5) is 0 Å². The first kappa shape index (κ1) is 9.02. The van der Waals surface area contributed by atoms with Crippen molar-refractivity contribution in [3.63, 3.8) is 0 Å². The maximum Gasteiger partial charge on any atom is 0.0290 e. The first-order valence-corrected chi connectivity index (χ1v) is 3.41. The number of likely N-dealkylation sites (N-methyl/N-ethyl adjacent to an activating group) is 1. The van der Waals surface area contributed by atoms with Crippen molar-refractivity contribution in [3.8, 4) is 0 Å². The summed E-state index contributed by atoms with van der Waals surface area (Å²) in [5, 5.41) is 0. The quantitative estimate of drug-likeness (QED) is 0.537. The SMILES string of the molecule is C=C/C=C\C(=C)N(C)CC. The Morgan fingerprint density at radius 3 is 2.60 bits per heavy atom. The van der Waals surface area contributed by atoms with Gasteiger partial charge in [0.05, 0.1) is 0 Å². The molecule has 0 spiro atoms. The van der Waals surface area contributed by atoms with Crippen molar-refractivity contribution in [2.45, 2.75) is 6.92 Å². The van der Waals surface area contributed by atoms with E-state index in [1.54, 1.807) is 6.08 Å². The highest BCUT2D eigenvalue weighted by molar-refractivity contribution is 5.16. The van der Waals surface area contributed by atoms with Crippen molar-refractivity contribution in [2.24, 2.45) is 0 Å². The number of rotatable bonds is 4. The number of hydrogen-bond acceptors (Lipinski definition) is 1. The van der Waals surface area contributed by atoms with Crippen LogP contribution in [0.25, 0.3) is 0 Å². The molecule has 1 nitrogen and oxygen atoms in total. The molecular formula is C9H15N. The summed E-state index contributed by atoms with van der Waals surface area (Å²) in [4.78, 5) is 2.07. The van der Waals surface area contributed by atoms with Gasteiger partial charge in [0, 0.05) is 19.3 Å². The van der Waals surface area contributed by atoms with E-state index in [9.17, 15) is 0 Å². The van der Waals surface area contributed by atoms with E-state index in [1.165, 1.54) is 0 Å². The van der Waals surface area contributed by atoms with E-state index in [0.29, 0.717) is 0 Å². The van der Waals surface area contributed by atoms with Crippen molar-refractivity contribution in [3.05, 3.63) is 37.1 Å². The van der Waals surface area contributed by atoms with Crippen LogP contribution < -0.4 is 0 Å². The Labute approximate surface area is 63.3 Å². The predicted molar refractivity (Wildman–Crippen MR) is 46.8 cm³/mol. The third-order valence-corrected chi connectivity index (χ3v) is 1.39. The summed E-state index contributed by atoms with van der Waals surface area (Å²) < 4.78 is 0. The smallest absolute Gasteiger partial charge is 0.0290 e. The van der Waals surface area contributed by atoms with Gasteiger partial charge in [0.15, 0.2) is 0 Å². The summed E-state index contributed by atoms with van der Waals surface area (Å²) in [6.45, 7) is 10.5. The Hall–Kier alpha value is -0.980. The zero-order chi connectivity index (χ0) is 7.98. The lowest BCUT2D eigenvalue weighted by atomic mass is 10.3. The second kappa shape index (κ2) is 4.86. The van der Waals surface area contributed by atoms with E-state index < -0.39 is 0 Å². The molecule has 56 valence electrons. The molecule has 0 fully saturated rings. The van der Waals surface area contributed by atoms with E-state index >= 15 is 0 Å². The van der Waals surface area contributed by atoms with Crippen LogP contribution in [0.3, 0.4) is 0 Å². The van der Waals surface area contributed by atoms with Gasteiger partial charge < -0.3 is 4.90 Å². The minimum atomic E-state index is 0.986. The molecular weight excluding hydrogens is 122 g/mol. The molecule has 0 saturated heterocycles. The molecule has 0 aromatic rings. The number of hydrogen-bond donors (Lipinski definition) is 0. The van der Waals surface area contributed by atoms with Gasteiger partial charge >= 0.3 is 0 Å². The summed E-state index contributed by atoms with van der Waals surface area (Å²) >= 11 is 0. The number of allylic oxidation sites excluding steroid dienone is 3. The predicted octanol–water partition coefficient (Wildman–Crippen LogP) is 2.19. The fraction of sp³-hybridized carbons (Fsp3) is 0.333. The van der Waals surface area contributed by atoms with Gasteiger partial charge in [0.25, 0.3) is 0 Å². The van der Waals surface area contributed by atoms with E-state index in [0.717, 1.165) is 12.2 Å². The van der Waals surface area contributed by atoms with Gasteiger partial charge in [0.1, 0.15) is 0 Å². The molecule has 0 amide bonds. The van der Waals surface area contributed by atoms with Crippen LogP contribution in [-0.2, 0) is 0 Å². The van der Waals surface area contributed by atoms with Crippen LogP contribution >= 0.6 is 0 Å². The van der Waals surface area contributed by atoms with Crippen molar-refractivity contribution in [1.82, 2.24) is 4.90 Å². The van der Waals surface area contributed by atoms with Gasteiger partial charge in [-0.3, -0.25) is 0 Å². The number of nitrogens with zero attached hydrogens (tertiary/aromatic N) is 1. The maximum absolute atomic E-state index is 3.85. The third kappa shape index (κ3) is 3.13.